The number of nitrogens with two attached hydrogens (primary N) is 1. The van der Waals surface area contributed by atoms with Crippen LogP contribution in [-0.4, -0.2) is 37.7 Å². The molecule has 0 aromatic heterocycles. The Bertz CT molecular complexity index is 211. The van der Waals surface area contributed by atoms with Gasteiger partial charge in [-0.25, -0.2) is 0 Å². The van der Waals surface area contributed by atoms with E-state index >= 15 is 0 Å². The van der Waals surface area contributed by atoms with Gasteiger partial charge in [0, 0.05) is 32.8 Å². The van der Waals surface area contributed by atoms with Crippen LogP contribution >= 0.6 is 0 Å². The Morgan fingerprint density at radius 1 is 1.57 bits per heavy atom. The first kappa shape index (κ1) is 11.3. The van der Waals surface area contributed by atoms with Gasteiger partial charge in [0.15, 0.2) is 0 Å². The fourth-order valence-corrected chi connectivity index (χ4v) is 1.40. The Hall–Kier alpha value is -0.800. The van der Waals surface area contributed by atoms with Gasteiger partial charge in [0.1, 0.15) is 0 Å². The van der Waals surface area contributed by atoms with E-state index in [1.165, 1.54) is 5.57 Å². The van der Waals surface area contributed by atoms with Crippen LogP contribution in [0.5, 0.6) is 0 Å². The summed E-state index contributed by atoms with van der Waals surface area (Å²) in [6.45, 7) is 6.38. The van der Waals surface area contributed by atoms with Crippen molar-refractivity contribution >= 4 is 0 Å². The molecule has 0 unspecified atom stereocenters. The highest BCUT2D eigenvalue weighted by Crippen LogP contribution is 2.05. The first-order valence-corrected chi connectivity index (χ1v) is 5.26. The van der Waals surface area contributed by atoms with Gasteiger partial charge in [-0.3, -0.25) is 0 Å². The van der Waals surface area contributed by atoms with Gasteiger partial charge in [-0.2, -0.15) is 0 Å². The third-order valence-corrected chi connectivity index (χ3v) is 2.26. The van der Waals surface area contributed by atoms with Crippen LogP contribution in [-0.2, 0) is 4.74 Å². The molecule has 2 N–H and O–H groups in total. The molecule has 0 aliphatic carbocycles. The lowest BCUT2D eigenvalue weighted by Gasteiger charge is -2.22. The van der Waals surface area contributed by atoms with Gasteiger partial charge < -0.3 is 15.4 Å². The zero-order valence-corrected chi connectivity index (χ0v) is 8.91. The minimum atomic E-state index is 0.642. The topological polar surface area (TPSA) is 38.5 Å². The van der Waals surface area contributed by atoms with Crippen LogP contribution in [0.4, 0.5) is 0 Å². The molecule has 0 saturated carbocycles. The summed E-state index contributed by atoms with van der Waals surface area (Å²) in [4.78, 5) is 2.28. The molecule has 1 rings (SSSR count). The van der Waals surface area contributed by atoms with Crippen molar-refractivity contribution in [2.24, 2.45) is 5.73 Å². The maximum absolute atomic E-state index is 5.53. The van der Waals surface area contributed by atoms with E-state index in [1.54, 1.807) is 0 Å². The van der Waals surface area contributed by atoms with Crippen molar-refractivity contribution in [2.75, 3.05) is 32.8 Å². The molecule has 1 heterocycles. The van der Waals surface area contributed by atoms with Gasteiger partial charge in [-0.05, 0) is 31.2 Å². The predicted molar refractivity (Wildman–Crippen MR) is 59.0 cm³/mol. The Balaban J connectivity index is 2.11. The van der Waals surface area contributed by atoms with E-state index in [0.717, 1.165) is 32.7 Å². The summed E-state index contributed by atoms with van der Waals surface area (Å²) in [6, 6.07) is 0. The van der Waals surface area contributed by atoms with Gasteiger partial charge in [0.25, 0.3) is 0 Å². The standard InChI is InChI=1S/C11H20N2O/c1-2-14-9-3-6-13-7-4-11(10-12)5-8-13/h4-5,7H,2-3,6,8-10,12H2,1H3. The van der Waals surface area contributed by atoms with Crippen molar-refractivity contribution in [1.82, 2.24) is 4.90 Å². The Morgan fingerprint density at radius 3 is 3.00 bits per heavy atom. The molecular weight excluding hydrogens is 176 g/mol. The summed E-state index contributed by atoms with van der Waals surface area (Å²) in [5.41, 5.74) is 6.76. The highest BCUT2D eigenvalue weighted by molar-refractivity contribution is 5.23. The summed E-state index contributed by atoms with van der Waals surface area (Å²) in [7, 11) is 0. The number of hydrogen-bond donors (Lipinski definition) is 1. The first-order chi connectivity index (χ1) is 6.86. The van der Waals surface area contributed by atoms with E-state index in [2.05, 4.69) is 23.3 Å². The third kappa shape index (κ3) is 3.94. The van der Waals surface area contributed by atoms with Crippen LogP contribution in [0.3, 0.4) is 0 Å². The lowest BCUT2D eigenvalue weighted by atomic mass is 10.2. The fourth-order valence-electron chi connectivity index (χ4n) is 1.40. The van der Waals surface area contributed by atoms with Gasteiger partial charge in [-0.1, -0.05) is 6.08 Å². The molecule has 3 heteroatoms. The molecule has 0 fully saturated rings. The van der Waals surface area contributed by atoms with E-state index in [1.807, 2.05) is 6.92 Å². The van der Waals surface area contributed by atoms with E-state index in [4.69, 9.17) is 10.5 Å². The van der Waals surface area contributed by atoms with E-state index in [0.29, 0.717) is 6.54 Å². The minimum Gasteiger partial charge on any atom is -0.382 e. The van der Waals surface area contributed by atoms with Crippen LogP contribution in [0.15, 0.2) is 23.9 Å². The van der Waals surface area contributed by atoms with Crippen molar-refractivity contribution in [1.29, 1.82) is 0 Å². The molecule has 0 atom stereocenters. The monoisotopic (exact) mass is 196 g/mol. The van der Waals surface area contributed by atoms with Gasteiger partial charge in [0.2, 0.25) is 0 Å². The Labute approximate surface area is 86.2 Å². The molecule has 0 aromatic rings. The third-order valence-electron chi connectivity index (χ3n) is 2.26. The summed E-state index contributed by atoms with van der Waals surface area (Å²) >= 11 is 0. The molecule has 1 aliphatic rings. The van der Waals surface area contributed by atoms with E-state index in [-0.39, 0.29) is 0 Å². The summed E-state index contributed by atoms with van der Waals surface area (Å²) in [5, 5.41) is 0. The van der Waals surface area contributed by atoms with Crippen molar-refractivity contribution in [3.05, 3.63) is 23.9 Å². The van der Waals surface area contributed by atoms with Crippen LogP contribution in [0.1, 0.15) is 13.3 Å². The van der Waals surface area contributed by atoms with Gasteiger partial charge in [0.05, 0.1) is 0 Å². The molecule has 0 aromatic carbocycles. The summed E-state index contributed by atoms with van der Waals surface area (Å²) < 4.78 is 5.28. The van der Waals surface area contributed by atoms with Crippen LogP contribution < -0.4 is 5.73 Å². The average Bonchev–Trinajstić information content (AvgIpc) is 2.25. The number of rotatable bonds is 6. The number of ether oxygens (including phenoxy) is 1. The van der Waals surface area contributed by atoms with Crippen molar-refractivity contribution < 1.29 is 4.74 Å². The smallest absolute Gasteiger partial charge is 0.0482 e. The molecule has 0 bridgehead atoms. The lowest BCUT2D eigenvalue weighted by molar-refractivity contribution is 0.138. The molecule has 0 spiro atoms. The SMILES string of the molecule is CCOCCCN1C=CC(CN)=CC1. The number of hydrogen-bond acceptors (Lipinski definition) is 3. The summed E-state index contributed by atoms with van der Waals surface area (Å²) in [6.07, 6.45) is 7.48. The Morgan fingerprint density at radius 2 is 2.43 bits per heavy atom. The van der Waals surface area contributed by atoms with Crippen LogP contribution in [0.25, 0.3) is 0 Å². The van der Waals surface area contributed by atoms with Gasteiger partial charge >= 0.3 is 0 Å². The second-order valence-corrected chi connectivity index (χ2v) is 3.34. The van der Waals surface area contributed by atoms with Crippen molar-refractivity contribution in [3.8, 4) is 0 Å². The fraction of sp³-hybridized carbons (Fsp3) is 0.636. The highest BCUT2D eigenvalue weighted by atomic mass is 16.5. The van der Waals surface area contributed by atoms with Crippen LogP contribution in [0.2, 0.25) is 0 Å². The Kier molecular flexibility index (Phi) is 5.33. The van der Waals surface area contributed by atoms with Crippen molar-refractivity contribution in [2.45, 2.75) is 13.3 Å². The zero-order valence-electron chi connectivity index (χ0n) is 8.91. The molecule has 14 heavy (non-hydrogen) atoms. The second-order valence-electron chi connectivity index (χ2n) is 3.34. The predicted octanol–water partition coefficient (Wildman–Crippen LogP) is 1.13. The molecule has 80 valence electrons. The van der Waals surface area contributed by atoms with E-state index < -0.39 is 0 Å². The normalized spacial score (nSPS) is 15.9. The molecular formula is C11H20N2O. The molecule has 1 aliphatic heterocycles. The first-order valence-electron chi connectivity index (χ1n) is 5.26. The maximum Gasteiger partial charge on any atom is 0.0482 e. The molecule has 0 radical (unpaired) electrons. The van der Waals surface area contributed by atoms with Crippen LogP contribution in [0, 0.1) is 0 Å². The minimum absolute atomic E-state index is 0.642. The average molecular weight is 196 g/mol. The molecule has 0 saturated heterocycles. The van der Waals surface area contributed by atoms with Gasteiger partial charge in [-0.15, -0.1) is 0 Å². The quantitative estimate of drug-likeness (QED) is 0.647. The maximum atomic E-state index is 5.53. The molecule has 0 amide bonds. The highest BCUT2D eigenvalue weighted by Gasteiger charge is 2.02. The lowest BCUT2D eigenvalue weighted by Crippen LogP contribution is -2.23. The summed E-state index contributed by atoms with van der Waals surface area (Å²) in [5.74, 6) is 0. The van der Waals surface area contributed by atoms with Crippen molar-refractivity contribution in [3.63, 3.8) is 0 Å². The number of nitrogens with zero attached hydrogens (tertiary/aromatic N) is 1. The largest absolute Gasteiger partial charge is 0.382 e. The van der Waals surface area contributed by atoms with E-state index in [9.17, 15) is 0 Å². The second kappa shape index (κ2) is 6.62. The zero-order chi connectivity index (χ0) is 10.2. The molecule has 3 nitrogen and oxygen atoms in total.